The fraction of sp³-hybridized carbons (Fsp3) is 0.294. The van der Waals surface area contributed by atoms with Gasteiger partial charge < -0.3 is 10.2 Å². The van der Waals surface area contributed by atoms with Gasteiger partial charge in [0, 0.05) is 24.7 Å². The van der Waals surface area contributed by atoms with E-state index in [1.54, 1.807) is 12.1 Å². The molecule has 2 heterocycles. The SMILES string of the molecule is NS(=O)(=O)c1ccc(NC(=O)C2CCN(c3cccc(F)n3)CC2)cc1. The summed E-state index contributed by atoms with van der Waals surface area (Å²) in [6.45, 7) is 1.22. The number of pyridine rings is 1. The number of benzene rings is 1. The number of nitrogens with one attached hydrogen (secondary N) is 1. The van der Waals surface area contributed by atoms with Crippen LogP contribution in [0.1, 0.15) is 12.8 Å². The second kappa shape index (κ2) is 7.38. The van der Waals surface area contributed by atoms with E-state index in [0.717, 1.165) is 0 Å². The molecule has 3 rings (SSSR count). The number of rotatable bonds is 4. The predicted molar refractivity (Wildman–Crippen MR) is 95.6 cm³/mol. The summed E-state index contributed by atoms with van der Waals surface area (Å²) in [5.41, 5.74) is 0.511. The van der Waals surface area contributed by atoms with Crippen LogP contribution in [0.5, 0.6) is 0 Å². The highest BCUT2D eigenvalue weighted by molar-refractivity contribution is 7.89. The quantitative estimate of drug-likeness (QED) is 0.788. The molecule has 1 aromatic heterocycles. The average Bonchev–Trinajstić information content (AvgIpc) is 2.61. The maximum atomic E-state index is 13.2. The fourth-order valence-electron chi connectivity index (χ4n) is 2.92. The summed E-state index contributed by atoms with van der Waals surface area (Å²) in [5, 5.41) is 7.83. The number of halogens is 1. The average molecular weight is 378 g/mol. The molecule has 9 heteroatoms. The lowest BCUT2D eigenvalue weighted by atomic mass is 9.96. The number of hydrogen-bond acceptors (Lipinski definition) is 5. The summed E-state index contributed by atoms with van der Waals surface area (Å²) in [4.78, 5) is 18.2. The van der Waals surface area contributed by atoms with E-state index in [1.165, 1.54) is 30.3 Å². The zero-order valence-corrected chi connectivity index (χ0v) is 14.7. The zero-order chi connectivity index (χ0) is 18.7. The van der Waals surface area contributed by atoms with E-state index in [4.69, 9.17) is 5.14 Å². The Morgan fingerprint density at radius 1 is 1.15 bits per heavy atom. The molecule has 7 nitrogen and oxygen atoms in total. The van der Waals surface area contributed by atoms with E-state index in [9.17, 15) is 17.6 Å². The molecule has 1 aliphatic heterocycles. The number of nitrogens with two attached hydrogens (primary N) is 1. The number of carbonyl (C=O) groups excluding carboxylic acids is 1. The van der Waals surface area contributed by atoms with Crippen molar-refractivity contribution >= 4 is 27.4 Å². The second-order valence-corrected chi connectivity index (χ2v) is 7.70. The third-order valence-corrected chi connectivity index (χ3v) is 5.27. The van der Waals surface area contributed by atoms with Crippen LogP contribution in [0.2, 0.25) is 0 Å². The Kier molecular flexibility index (Phi) is 5.19. The molecule has 0 spiro atoms. The number of piperidine rings is 1. The molecule has 138 valence electrons. The second-order valence-electron chi connectivity index (χ2n) is 6.14. The summed E-state index contributed by atoms with van der Waals surface area (Å²) >= 11 is 0. The molecule has 0 unspecified atom stereocenters. The number of sulfonamides is 1. The standard InChI is InChI=1S/C17H19FN4O3S/c18-15-2-1-3-16(21-15)22-10-8-12(9-11-22)17(23)20-13-4-6-14(7-5-13)26(19,24)25/h1-7,12H,8-11H2,(H,20,23)(H2,19,24,25). The molecule has 1 aliphatic rings. The van der Waals surface area contributed by atoms with Gasteiger partial charge in [0.2, 0.25) is 21.9 Å². The summed E-state index contributed by atoms with van der Waals surface area (Å²) in [6.07, 6.45) is 1.25. The van der Waals surface area contributed by atoms with Crippen LogP contribution in [-0.4, -0.2) is 32.4 Å². The summed E-state index contributed by atoms with van der Waals surface area (Å²) in [6, 6.07) is 10.4. The molecular formula is C17H19FN4O3S. The third kappa shape index (κ3) is 4.36. The van der Waals surface area contributed by atoms with Gasteiger partial charge in [-0.1, -0.05) is 6.07 Å². The summed E-state index contributed by atoms with van der Waals surface area (Å²) in [5.74, 6) is -0.245. The minimum atomic E-state index is -3.75. The van der Waals surface area contributed by atoms with Crippen LogP contribution in [0.15, 0.2) is 47.4 Å². The Morgan fingerprint density at radius 3 is 2.38 bits per heavy atom. The Labute approximate surface area is 151 Å². The lowest BCUT2D eigenvalue weighted by Crippen LogP contribution is -2.38. The Hall–Kier alpha value is -2.52. The van der Waals surface area contributed by atoms with Crippen LogP contribution in [0.25, 0.3) is 0 Å². The van der Waals surface area contributed by atoms with E-state index >= 15 is 0 Å². The van der Waals surface area contributed by atoms with Gasteiger partial charge in [0.15, 0.2) is 0 Å². The number of carbonyl (C=O) groups is 1. The molecule has 2 aromatic rings. The van der Waals surface area contributed by atoms with Crippen LogP contribution >= 0.6 is 0 Å². The van der Waals surface area contributed by atoms with Gasteiger partial charge >= 0.3 is 0 Å². The van der Waals surface area contributed by atoms with Gasteiger partial charge in [0.05, 0.1) is 4.90 Å². The van der Waals surface area contributed by atoms with Gasteiger partial charge in [-0.2, -0.15) is 4.39 Å². The highest BCUT2D eigenvalue weighted by atomic mass is 32.2. The van der Waals surface area contributed by atoms with E-state index in [1.807, 2.05) is 4.90 Å². The molecule has 1 amide bonds. The van der Waals surface area contributed by atoms with Crippen molar-refractivity contribution < 1.29 is 17.6 Å². The van der Waals surface area contributed by atoms with Crippen LogP contribution in [0.3, 0.4) is 0 Å². The lowest BCUT2D eigenvalue weighted by molar-refractivity contribution is -0.120. The first-order valence-electron chi connectivity index (χ1n) is 8.14. The Balaban J connectivity index is 1.57. The summed E-state index contributed by atoms with van der Waals surface area (Å²) in [7, 11) is -3.75. The molecule has 0 aliphatic carbocycles. The summed E-state index contributed by atoms with van der Waals surface area (Å²) < 4.78 is 35.7. The number of anilines is 2. The van der Waals surface area contributed by atoms with Gasteiger partial charge in [-0.15, -0.1) is 0 Å². The van der Waals surface area contributed by atoms with Crippen molar-refractivity contribution in [1.29, 1.82) is 0 Å². The van der Waals surface area contributed by atoms with Gasteiger partial charge in [-0.05, 0) is 49.2 Å². The topological polar surface area (TPSA) is 105 Å². The lowest BCUT2D eigenvalue weighted by Gasteiger charge is -2.32. The largest absolute Gasteiger partial charge is 0.356 e. The molecular weight excluding hydrogens is 359 g/mol. The van der Waals surface area contributed by atoms with Gasteiger partial charge in [0.1, 0.15) is 5.82 Å². The van der Waals surface area contributed by atoms with E-state index in [0.29, 0.717) is 37.4 Å². The number of nitrogens with zero attached hydrogens (tertiary/aromatic N) is 2. The van der Waals surface area contributed by atoms with Crippen molar-refractivity contribution in [2.75, 3.05) is 23.3 Å². The van der Waals surface area contributed by atoms with Crippen LogP contribution in [-0.2, 0) is 14.8 Å². The maximum absolute atomic E-state index is 13.2. The molecule has 1 fully saturated rings. The molecule has 1 aromatic carbocycles. The smallest absolute Gasteiger partial charge is 0.238 e. The number of primary sulfonamides is 1. The minimum Gasteiger partial charge on any atom is -0.356 e. The first kappa shape index (κ1) is 18.3. The van der Waals surface area contributed by atoms with Gasteiger partial charge in [-0.25, -0.2) is 18.5 Å². The van der Waals surface area contributed by atoms with Crippen molar-refractivity contribution in [2.45, 2.75) is 17.7 Å². The normalized spacial score (nSPS) is 15.7. The predicted octanol–water partition coefficient (Wildman–Crippen LogP) is 1.72. The molecule has 0 saturated carbocycles. The first-order chi connectivity index (χ1) is 12.3. The molecule has 0 bridgehead atoms. The van der Waals surface area contributed by atoms with Gasteiger partial charge in [0.25, 0.3) is 0 Å². The first-order valence-corrected chi connectivity index (χ1v) is 9.69. The Bertz CT molecular complexity index is 894. The van der Waals surface area contributed by atoms with Crippen molar-refractivity contribution in [3.8, 4) is 0 Å². The molecule has 3 N–H and O–H groups in total. The van der Waals surface area contributed by atoms with Gasteiger partial charge in [-0.3, -0.25) is 4.79 Å². The highest BCUT2D eigenvalue weighted by Crippen LogP contribution is 2.23. The third-order valence-electron chi connectivity index (χ3n) is 4.34. The molecule has 0 radical (unpaired) electrons. The number of aromatic nitrogens is 1. The fourth-order valence-corrected chi connectivity index (χ4v) is 3.43. The monoisotopic (exact) mass is 378 g/mol. The molecule has 1 saturated heterocycles. The molecule has 0 atom stereocenters. The zero-order valence-electron chi connectivity index (χ0n) is 13.9. The van der Waals surface area contributed by atoms with Crippen LogP contribution in [0, 0.1) is 11.9 Å². The number of hydrogen-bond donors (Lipinski definition) is 2. The van der Waals surface area contributed by atoms with E-state index < -0.39 is 16.0 Å². The highest BCUT2D eigenvalue weighted by Gasteiger charge is 2.25. The number of amides is 1. The van der Waals surface area contributed by atoms with Crippen LogP contribution < -0.4 is 15.4 Å². The van der Waals surface area contributed by atoms with Crippen molar-refractivity contribution in [2.24, 2.45) is 11.1 Å². The van der Waals surface area contributed by atoms with Crippen molar-refractivity contribution in [3.63, 3.8) is 0 Å². The van der Waals surface area contributed by atoms with Crippen molar-refractivity contribution in [1.82, 2.24) is 4.98 Å². The van der Waals surface area contributed by atoms with Crippen molar-refractivity contribution in [3.05, 3.63) is 48.4 Å². The molecule has 26 heavy (non-hydrogen) atoms. The maximum Gasteiger partial charge on any atom is 0.238 e. The Morgan fingerprint density at radius 2 is 1.81 bits per heavy atom. The van der Waals surface area contributed by atoms with Crippen LogP contribution in [0.4, 0.5) is 15.9 Å². The van der Waals surface area contributed by atoms with E-state index in [2.05, 4.69) is 10.3 Å². The van der Waals surface area contributed by atoms with E-state index in [-0.39, 0.29) is 16.7 Å². The minimum absolute atomic E-state index is 0.00796.